The Bertz CT molecular complexity index is 1400. The summed E-state index contributed by atoms with van der Waals surface area (Å²) in [6.07, 6.45) is 1.27. The molecule has 1 N–H and O–H groups in total. The summed E-state index contributed by atoms with van der Waals surface area (Å²) in [5.41, 5.74) is 1.77. The number of benzene rings is 3. The highest BCUT2D eigenvalue weighted by Gasteiger charge is 2.33. The average molecular weight is 702 g/mol. The molecule has 0 fully saturated rings. The molecule has 0 aliphatic heterocycles. The molecule has 0 spiro atoms. The lowest BCUT2D eigenvalue weighted by Gasteiger charge is -2.34. The number of sulfonamides is 1. The van der Waals surface area contributed by atoms with Crippen LogP contribution in [0.2, 0.25) is 10.0 Å². The molecule has 0 radical (unpaired) electrons. The normalized spacial score (nSPS) is 12.2. The summed E-state index contributed by atoms with van der Waals surface area (Å²) >= 11 is 14.7. The Labute approximate surface area is 253 Å². The molecule has 208 valence electrons. The van der Waals surface area contributed by atoms with Crippen LogP contribution in [0, 0.1) is 3.57 Å². The van der Waals surface area contributed by atoms with Crippen LogP contribution in [0.15, 0.2) is 72.8 Å². The summed E-state index contributed by atoms with van der Waals surface area (Å²) in [5, 5.41) is 3.68. The van der Waals surface area contributed by atoms with Crippen molar-refractivity contribution in [3.63, 3.8) is 0 Å². The molecule has 2 amide bonds. The van der Waals surface area contributed by atoms with Crippen molar-refractivity contribution in [2.75, 3.05) is 17.1 Å². The second-order valence-corrected chi connectivity index (χ2v) is 13.4. The third-order valence-electron chi connectivity index (χ3n) is 5.85. The Morgan fingerprint density at radius 1 is 0.974 bits per heavy atom. The highest BCUT2D eigenvalue weighted by Crippen LogP contribution is 2.25. The average Bonchev–Trinajstić information content (AvgIpc) is 2.86. The van der Waals surface area contributed by atoms with Crippen molar-refractivity contribution in [1.82, 2.24) is 10.2 Å². The molecule has 7 nitrogen and oxygen atoms in total. The fourth-order valence-electron chi connectivity index (χ4n) is 3.99. The molecule has 0 aromatic heterocycles. The van der Waals surface area contributed by atoms with Crippen LogP contribution >= 0.6 is 45.8 Å². The summed E-state index contributed by atoms with van der Waals surface area (Å²) in [7, 11) is -3.83. The van der Waals surface area contributed by atoms with Crippen molar-refractivity contribution < 1.29 is 18.0 Å². The molecule has 0 aliphatic carbocycles. The van der Waals surface area contributed by atoms with E-state index in [1.54, 1.807) is 42.5 Å². The molecule has 0 saturated heterocycles. The monoisotopic (exact) mass is 701 g/mol. The topological polar surface area (TPSA) is 86.8 Å². The zero-order valence-electron chi connectivity index (χ0n) is 21.8. The number of hydrogen-bond acceptors (Lipinski definition) is 4. The number of carbonyl (C=O) groups excluding carboxylic acids is 2. The van der Waals surface area contributed by atoms with Crippen LogP contribution in [0.3, 0.4) is 0 Å². The van der Waals surface area contributed by atoms with E-state index in [-0.39, 0.29) is 24.9 Å². The molecule has 0 heterocycles. The van der Waals surface area contributed by atoms with Crippen LogP contribution in [0.1, 0.15) is 25.0 Å². The van der Waals surface area contributed by atoms with Crippen molar-refractivity contribution in [2.24, 2.45) is 0 Å². The summed E-state index contributed by atoms with van der Waals surface area (Å²) in [4.78, 5) is 28.9. The fourth-order valence-corrected chi connectivity index (χ4v) is 5.67. The molecule has 39 heavy (non-hydrogen) atoms. The van der Waals surface area contributed by atoms with Crippen LogP contribution in [-0.2, 0) is 32.6 Å². The minimum absolute atomic E-state index is 0.0257. The number of rotatable bonds is 11. The summed E-state index contributed by atoms with van der Waals surface area (Å²) in [5.74, 6) is -0.905. The fraction of sp³-hybridized carbons (Fsp3) is 0.286. The van der Waals surface area contributed by atoms with E-state index in [2.05, 4.69) is 27.9 Å². The molecule has 3 aromatic rings. The Morgan fingerprint density at radius 2 is 1.62 bits per heavy atom. The number of carbonyl (C=O) groups is 2. The SMILES string of the molecule is CC(C)NC(=O)[C@@H](Cc1ccccc1)N(Cc1ccc(Cl)cc1Cl)C(=O)CN(c1ccc(I)cc1)S(C)(=O)=O. The zero-order chi connectivity index (χ0) is 28.7. The molecule has 0 aliphatic rings. The van der Waals surface area contributed by atoms with Gasteiger partial charge in [0.05, 0.1) is 11.9 Å². The van der Waals surface area contributed by atoms with Crippen molar-refractivity contribution in [3.8, 4) is 0 Å². The lowest BCUT2D eigenvalue weighted by Crippen LogP contribution is -2.54. The van der Waals surface area contributed by atoms with Gasteiger partial charge in [-0.25, -0.2) is 8.42 Å². The summed E-state index contributed by atoms with van der Waals surface area (Å²) in [6, 6.07) is 19.9. The van der Waals surface area contributed by atoms with E-state index in [4.69, 9.17) is 23.2 Å². The molecule has 0 bridgehead atoms. The van der Waals surface area contributed by atoms with Gasteiger partial charge in [0.25, 0.3) is 0 Å². The third kappa shape index (κ3) is 9.09. The van der Waals surface area contributed by atoms with E-state index in [1.165, 1.54) is 4.90 Å². The first kappa shape index (κ1) is 31.2. The number of halogens is 3. The van der Waals surface area contributed by atoms with Gasteiger partial charge in [0.2, 0.25) is 21.8 Å². The first-order valence-corrected chi connectivity index (χ1v) is 15.8. The largest absolute Gasteiger partial charge is 0.352 e. The van der Waals surface area contributed by atoms with Gasteiger partial charge in [0.15, 0.2) is 0 Å². The van der Waals surface area contributed by atoms with E-state index < -0.39 is 28.5 Å². The Kier molecular flexibility index (Phi) is 11.1. The lowest BCUT2D eigenvalue weighted by atomic mass is 10.0. The van der Waals surface area contributed by atoms with Gasteiger partial charge in [-0.15, -0.1) is 0 Å². The minimum Gasteiger partial charge on any atom is -0.352 e. The number of nitrogens with one attached hydrogen (secondary N) is 1. The van der Waals surface area contributed by atoms with Gasteiger partial charge in [0.1, 0.15) is 12.6 Å². The van der Waals surface area contributed by atoms with Gasteiger partial charge in [-0.05, 0) is 84.0 Å². The van der Waals surface area contributed by atoms with Crippen molar-refractivity contribution in [2.45, 2.75) is 38.9 Å². The number of anilines is 1. The van der Waals surface area contributed by atoms with Gasteiger partial charge < -0.3 is 10.2 Å². The lowest BCUT2D eigenvalue weighted by molar-refractivity contribution is -0.140. The highest BCUT2D eigenvalue weighted by molar-refractivity contribution is 14.1. The third-order valence-corrected chi connectivity index (χ3v) is 8.30. The van der Waals surface area contributed by atoms with Gasteiger partial charge in [0, 0.05) is 32.6 Å². The molecule has 3 rings (SSSR count). The molecule has 3 aromatic carbocycles. The maximum absolute atomic E-state index is 14.0. The first-order chi connectivity index (χ1) is 18.3. The molecule has 0 saturated carbocycles. The van der Waals surface area contributed by atoms with E-state index >= 15 is 0 Å². The Hall–Kier alpha value is -2.34. The number of amides is 2. The maximum Gasteiger partial charge on any atom is 0.244 e. The smallest absolute Gasteiger partial charge is 0.244 e. The second kappa shape index (κ2) is 13.8. The first-order valence-electron chi connectivity index (χ1n) is 12.2. The van der Waals surface area contributed by atoms with Gasteiger partial charge in [-0.2, -0.15) is 0 Å². The molecule has 11 heteroatoms. The van der Waals surface area contributed by atoms with Crippen LogP contribution in [0.4, 0.5) is 5.69 Å². The molecular weight excluding hydrogens is 672 g/mol. The van der Waals surface area contributed by atoms with Crippen LogP contribution in [0.25, 0.3) is 0 Å². The van der Waals surface area contributed by atoms with Gasteiger partial charge in [-0.3, -0.25) is 13.9 Å². The van der Waals surface area contributed by atoms with Crippen molar-refractivity contribution in [1.29, 1.82) is 0 Å². The van der Waals surface area contributed by atoms with E-state index in [9.17, 15) is 18.0 Å². The predicted molar refractivity (Wildman–Crippen MR) is 166 cm³/mol. The molecule has 1 atom stereocenters. The standard InChI is InChI=1S/C28H30Cl2IN3O4S/c1-19(2)32-28(36)26(15-20-7-5-4-6-8-20)33(17-21-9-10-22(29)16-25(21)30)27(35)18-34(39(3,37)38)24-13-11-23(31)12-14-24/h4-14,16,19,26H,15,17-18H2,1-3H3,(H,32,36)/t26-/m1/s1. The van der Waals surface area contributed by atoms with E-state index in [0.717, 1.165) is 19.7 Å². The van der Waals surface area contributed by atoms with Crippen LogP contribution < -0.4 is 9.62 Å². The van der Waals surface area contributed by atoms with Crippen LogP contribution in [-0.4, -0.2) is 50.0 Å². The predicted octanol–water partition coefficient (Wildman–Crippen LogP) is 5.53. The summed E-state index contributed by atoms with van der Waals surface area (Å²) < 4.78 is 27.6. The van der Waals surface area contributed by atoms with Crippen molar-refractivity contribution in [3.05, 3.63) is 97.5 Å². The Balaban J connectivity index is 2.07. The number of nitrogens with zero attached hydrogens (tertiary/aromatic N) is 2. The zero-order valence-corrected chi connectivity index (χ0v) is 26.3. The van der Waals surface area contributed by atoms with Crippen LogP contribution in [0.5, 0.6) is 0 Å². The molecule has 0 unspecified atom stereocenters. The van der Waals surface area contributed by atoms with E-state index in [0.29, 0.717) is 21.3 Å². The maximum atomic E-state index is 14.0. The highest BCUT2D eigenvalue weighted by atomic mass is 127. The van der Waals surface area contributed by atoms with Gasteiger partial charge in [-0.1, -0.05) is 59.6 Å². The molecular formula is C28H30Cl2IN3O4S. The van der Waals surface area contributed by atoms with E-state index in [1.807, 2.05) is 44.2 Å². The minimum atomic E-state index is -3.83. The summed E-state index contributed by atoms with van der Waals surface area (Å²) in [6.45, 7) is 3.15. The van der Waals surface area contributed by atoms with Gasteiger partial charge >= 0.3 is 0 Å². The quantitative estimate of drug-likeness (QED) is 0.267. The Morgan fingerprint density at radius 3 is 2.18 bits per heavy atom. The number of hydrogen-bond donors (Lipinski definition) is 1. The second-order valence-electron chi connectivity index (χ2n) is 9.37. The van der Waals surface area contributed by atoms with Crippen molar-refractivity contribution >= 4 is 73.3 Å².